The molecule has 1 aliphatic heterocycles. The number of carbonyl (C=O) groups excluding carboxylic acids is 8. The Morgan fingerprint density at radius 3 is 2.14 bits per heavy atom. The summed E-state index contributed by atoms with van der Waals surface area (Å²) >= 11 is 6.18. The van der Waals surface area contributed by atoms with Crippen molar-refractivity contribution < 1.29 is 47.8 Å². The summed E-state index contributed by atoms with van der Waals surface area (Å²) in [6.07, 6.45) is 5.41. The minimum absolute atomic E-state index is 0.0156. The molecule has 0 radical (unpaired) electrons. The van der Waals surface area contributed by atoms with Gasteiger partial charge in [-0.3, -0.25) is 24.0 Å². The fourth-order valence-corrected chi connectivity index (χ4v) is 7.72. The first-order chi connectivity index (χ1) is 31.0. The van der Waals surface area contributed by atoms with Gasteiger partial charge in [0.05, 0.1) is 6.54 Å². The van der Waals surface area contributed by atoms with Gasteiger partial charge in [0.15, 0.2) is 6.10 Å². The number of hydrogen-bond donors (Lipinski definition) is 3. The second-order valence-electron chi connectivity index (χ2n) is 18.4. The number of nitrogens with one attached hydrogen (secondary N) is 3. The van der Waals surface area contributed by atoms with Gasteiger partial charge in [0, 0.05) is 37.5 Å². The number of ketones is 1. The van der Waals surface area contributed by atoms with E-state index in [1.807, 2.05) is 47.6 Å². The molecule has 0 saturated carbocycles. The molecule has 15 nitrogen and oxygen atoms in total. The summed E-state index contributed by atoms with van der Waals surface area (Å²) in [5.74, 6) is -5.11. The van der Waals surface area contributed by atoms with Crippen LogP contribution in [-0.2, 0) is 54.3 Å². The standard InChI is InChI=1S/C50H76ClN5O10/c1-13-31(5)43-46(60)52-36(10)50(64)66-44(32(6)14-2)33(7)19-18-20-34(8)49(63)65-41(27-30(3)4)45(59)53-39(22-17-15-16-21-35(9)57)47(61)56(12)40(28-37-23-25-38(51)26-24-37)48(62)55(11)29-42(58)54-43/h14,20,23-26,30-31,33,36,39-41,43-44H,13,15-19,21-22,27-29H2,1-12H3,(H,52,60)(H,53,59)(H,54,58)/b32-14+,34-20+/t31-,33+,36-,39+,40-,41-,43+,44-/m1/s1. The maximum absolute atomic E-state index is 14.7. The van der Waals surface area contributed by atoms with E-state index in [-0.39, 0.29) is 48.4 Å². The highest BCUT2D eigenvalue weighted by molar-refractivity contribution is 6.30. The summed E-state index contributed by atoms with van der Waals surface area (Å²) in [4.78, 5) is 112. The molecule has 0 aromatic heterocycles. The van der Waals surface area contributed by atoms with Crippen LogP contribution >= 0.6 is 11.6 Å². The van der Waals surface area contributed by atoms with Crippen LogP contribution in [0.5, 0.6) is 0 Å². The van der Waals surface area contributed by atoms with Gasteiger partial charge in [-0.2, -0.15) is 0 Å². The molecular weight excluding hydrogens is 866 g/mol. The summed E-state index contributed by atoms with van der Waals surface area (Å²) in [7, 11) is 2.87. The van der Waals surface area contributed by atoms with Gasteiger partial charge < -0.3 is 40.0 Å². The van der Waals surface area contributed by atoms with Crippen molar-refractivity contribution in [2.75, 3.05) is 20.6 Å². The number of unbranched alkanes of at least 4 members (excludes halogenated alkanes) is 2. The van der Waals surface area contributed by atoms with Crippen LogP contribution in [0.4, 0.5) is 0 Å². The Labute approximate surface area is 397 Å². The van der Waals surface area contributed by atoms with Gasteiger partial charge in [0.2, 0.25) is 23.6 Å². The van der Waals surface area contributed by atoms with Gasteiger partial charge in [0.25, 0.3) is 5.91 Å². The smallest absolute Gasteiger partial charge is 0.334 e. The van der Waals surface area contributed by atoms with Crippen LogP contribution in [0.1, 0.15) is 133 Å². The SMILES string of the molecule is C/C=C(\C)[C@H]1OC(=O)[C@@H](C)NC(=O)[C@H]([C@H](C)CC)NC(=O)CN(C)C(=O)[C@@H](Cc2ccc(Cl)cc2)N(C)C(=O)[C@H](CCCCCC(C)=O)NC(=O)[C@@H](CC(C)C)OC(=O)/C(C)=C/CC[C@@H]1C. The fourth-order valence-electron chi connectivity index (χ4n) is 7.59. The molecule has 0 unspecified atom stereocenters. The van der Waals surface area contributed by atoms with E-state index in [1.165, 1.54) is 37.7 Å². The molecule has 368 valence electrons. The molecule has 3 N–H and O–H groups in total. The molecular formula is C50H76ClN5O10. The maximum atomic E-state index is 14.7. The molecule has 0 bridgehead atoms. The number of cyclic esters (lactones) is 2. The summed E-state index contributed by atoms with van der Waals surface area (Å²) in [5, 5.41) is 8.79. The molecule has 0 saturated heterocycles. The molecule has 0 fully saturated rings. The second-order valence-corrected chi connectivity index (χ2v) is 18.8. The lowest BCUT2D eigenvalue weighted by Gasteiger charge is -2.34. The molecule has 1 heterocycles. The van der Waals surface area contributed by atoms with Crippen LogP contribution in [-0.4, -0.2) is 114 Å². The quantitative estimate of drug-likeness (QED) is 0.112. The van der Waals surface area contributed by atoms with Crippen molar-refractivity contribution in [3.63, 3.8) is 0 Å². The Bertz CT molecular complexity index is 1900. The van der Waals surface area contributed by atoms with Gasteiger partial charge >= 0.3 is 11.9 Å². The van der Waals surface area contributed by atoms with E-state index in [4.69, 9.17) is 21.1 Å². The van der Waals surface area contributed by atoms with Gasteiger partial charge in [-0.25, -0.2) is 9.59 Å². The number of Topliss-reactive ketones (excluding diaryl/α,β-unsaturated/α-hetero) is 1. The average Bonchev–Trinajstić information content (AvgIpc) is 3.26. The van der Waals surface area contributed by atoms with E-state index in [1.54, 1.807) is 44.2 Å². The number of ether oxygens (including phenoxy) is 2. The highest BCUT2D eigenvalue weighted by atomic mass is 35.5. The number of benzene rings is 1. The Morgan fingerprint density at radius 1 is 0.894 bits per heavy atom. The van der Waals surface area contributed by atoms with E-state index in [0.29, 0.717) is 55.5 Å². The van der Waals surface area contributed by atoms with Gasteiger partial charge in [-0.1, -0.05) is 89.8 Å². The third kappa shape index (κ3) is 18.7. The zero-order valence-corrected chi connectivity index (χ0v) is 42.0. The maximum Gasteiger partial charge on any atom is 0.334 e. The van der Waals surface area contributed by atoms with Crippen molar-refractivity contribution >= 4 is 58.9 Å². The number of halogens is 1. The first-order valence-electron chi connectivity index (χ1n) is 23.4. The lowest BCUT2D eigenvalue weighted by Crippen LogP contribution is -2.58. The minimum Gasteiger partial charge on any atom is -0.456 e. The summed E-state index contributed by atoms with van der Waals surface area (Å²) in [5.41, 5.74) is 1.73. The normalized spacial score (nSPS) is 25.8. The average molecular weight is 943 g/mol. The summed E-state index contributed by atoms with van der Waals surface area (Å²) in [6.45, 7) is 17.1. The number of carbonyl (C=O) groups is 8. The van der Waals surface area contributed by atoms with Crippen LogP contribution in [0.25, 0.3) is 0 Å². The third-order valence-corrected chi connectivity index (χ3v) is 12.4. The van der Waals surface area contributed by atoms with Crippen LogP contribution in [0, 0.1) is 17.8 Å². The number of likely N-dealkylation sites (N-methyl/N-ethyl adjacent to an activating group) is 2. The first-order valence-corrected chi connectivity index (χ1v) is 23.7. The van der Waals surface area contributed by atoms with Crippen LogP contribution in [0.15, 0.2) is 47.6 Å². The molecule has 0 aliphatic carbocycles. The molecule has 1 aromatic carbocycles. The summed E-state index contributed by atoms with van der Waals surface area (Å²) < 4.78 is 11.8. The molecule has 2 rings (SSSR count). The largest absolute Gasteiger partial charge is 0.456 e. The lowest BCUT2D eigenvalue weighted by atomic mass is 9.93. The van der Waals surface area contributed by atoms with Crippen LogP contribution in [0.2, 0.25) is 5.02 Å². The Kier molecular flexibility index (Phi) is 24.4. The third-order valence-electron chi connectivity index (χ3n) is 12.1. The first kappa shape index (κ1) is 57.1. The van der Waals surface area contributed by atoms with Crippen molar-refractivity contribution in [1.29, 1.82) is 0 Å². The van der Waals surface area contributed by atoms with Gasteiger partial charge in [-0.15, -0.1) is 0 Å². The number of hydrogen-bond acceptors (Lipinski definition) is 10. The molecule has 16 heteroatoms. The molecule has 0 spiro atoms. The van der Waals surface area contributed by atoms with Gasteiger partial charge in [0.1, 0.15) is 36.1 Å². The number of rotatable bonds is 13. The Hall–Kier alpha value is -5.05. The number of amides is 5. The van der Waals surface area contributed by atoms with Crippen LogP contribution in [0.3, 0.4) is 0 Å². The highest BCUT2D eigenvalue weighted by Crippen LogP contribution is 2.24. The molecule has 1 aliphatic rings. The number of allylic oxidation sites excluding steroid dienone is 2. The van der Waals surface area contributed by atoms with E-state index >= 15 is 0 Å². The highest BCUT2D eigenvalue weighted by Gasteiger charge is 2.37. The predicted octanol–water partition coefficient (Wildman–Crippen LogP) is 6.44. The topological polar surface area (TPSA) is 198 Å². The summed E-state index contributed by atoms with van der Waals surface area (Å²) in [6, 6.07) is 2.28. The van der Waals surface area contributed by atoms with E-state index < -0.39 is 84.4 Å². The van der Waals surface area contributed by atoms with Crippen molar-refractivity contribution in [2.45, 2.75) is 170 Å². The van der Waals surface area contributed by atoms with Crippen molar-refractivity contribution in [3.8, 4) is 0 Å². The number of esters is 2. The van der Waals surface area contributed by atoms with E-state index in [9.17, 15) is 38.4 Å². The predicted molar refractivity (Wildman–Crippen MR) is 255 cm³/mol. The van der Waals surface area contributed by atoms with E-state index in [0.717, 1.165) is 5.57 Å². The van der Waals surface area contributed by atoms with E-state index in [2.05, 4.69) is 16.0 Å². The second kappa shape index (κ2) is 28.2. The lowest BCUT2D eigenvalue weighted by molar-refractivity contribution is -0.154. The molecule has 8 atom stereocenters. The Morgan fingerprint density at radius 2 is 1.55 bits per heavy atom. The molecule has 66 heavy (non-hydrogen) atoms. The fraction of sp³-hybridized carbons (Fsp3) is 0.640. The zero-order chi connectivity index (χ0) is 49.8. The minimum atomic E-state index is -1.25. The monoisotopic (exact) mass is 942 g/mol. The van der Waals surface area contributed by atoms with Crippen molar-refractivity contribution in [2.24, 2.45) is 17.8 Å². The Balaban J connectivity index is 2.72. The van der Waals surface area contributed by atoms with Crippen LogP contribution < -0.4 is 16.0 Å². The van der Waals surface area contributed by atoms with Crippen molar-refractivity contribution in [1.82, 2.24) is 25.8 Å². The number of nitrogens with zero attached hydrogens (tertiary/aromatic N) is 2. The van der Waals surface area contributed by atoms with Gasteiger partial charge in [-0.05, 0) is 108 Å². The van der Waals surface area contributed by atoms with Crippen molar-refractivity contribution in [3.05, 3.63) is 58.1 Å². The molecule has 1 aromatic rings. The molecule has 5 amide bonds. The zero-order valence-electron chi connectivity index (χ0n) is 41.3.